The van der Waals surface area contributed by atoms with Gasteiger partial charge in [-0.05, 0) is 6.07 Å². The summed E-state index contributed by atoms with van der Waals surface area (Å²) in [5.74, 6) is 0. The Morgan fingerprint density at radius 1 is 1.38 bits per heavy atom. The molecule has 0 saturated carbocycles. The second-order valence-corrected chi connectivity index (χ2v) is 2.49. The predicted octanol–water partition coefficient (Wildman–Crippen LogP) is 1.55. The molecule has 0 unspecified atom stereocenters. The van der Waals surface area contributed by atoms with E-state index in [1.54, 1.807) is 24.7 Å². The summed E-state index contributed by atoms with van der Waals surface area (Å²) in [6.45, 7) is 0. The molecule has 0 radical (unpaired) electrons. The lowest BCUT2D eigenvalue weighted by Gasteiger charge is -1.97. The van der Waals surface area contributed by atoms with Crippen LogP contribution >= 0.6 is 0 Å². The molecule has 0 atom stereocenters. The zero-order valence-electron chi connectivity index (χ0n) is 6.68. The summed E-state index contributed by atoms with van der Waals surface area (Å²) < 4.78 is 4.67. The van der Waals surface area contributed by atoms with E-state index < -0.39 is 0 Å². The van der Waals surface area contributed by atoms with Crippen LogP contribution in [0.1, 0.15) is 10.4 Å². The summed E-state index contributed by atoms with van der Waals surface area (Å²) in [5.41, 5.74) is 2.08. The number of aldehydes is 1. The average Bonchev–Trinajstić information content (AvgIpc) is 2.70. The van der Waals surface area contributed by atoms with Gasteiger partial charge in [-0.15, -0.1) is 0 Å². The Hall–Kier alpha value is -1.97. The fourth-order valence-electron chi connectivity index (χ4n) is 1.09. The van der Waals surface area contributed by atoms with Crippen molar-refractivity contribution in [2.24, 2.45) is 0 Å². The second kappa shape index (κ2) is 3.18. The van der Waals surface area contributed by atoms with E-state index >= 15 is 0 Å². The molecule has 0 amide bonds. The van der Waals surface area contributed by atoms with Crippen molar-refractivity contribution in [2.45, 2.75) is 0 Å². The molecular formula is C9H6N2O2. The minimum atomic E-state index is 0.582. The van der Waals surface area contributed by atoms with Crippen LogP contribution in [0.3, 0.4) is 0 Å². The van der Waals surface area contributed by atoms with E-state index in [2.05, 4.69) is 14.7 Å². The summed E-state index contributed by atoms with van der Waals surface area (Å²) in [5, 5.41) is 3.56. The highest BCUT2D eigenvalue weighted by molar-refractivity contribution is 5.86. The van der Waals surface area contributed by atoms with Crippen LogP contribution in [0.4, 0.5) is 0 Å². The van der Waals surface area contributed by atoms with Gasteiger partial charge in [0.2, 0.25) is 0 Å². The number of pyridine rings is 1. The number of hydrogen-bond donors (Lipinski definition) is 0. The number of aromatic nitrogens is 2. The molecule has 0 N–H and O–H groups in total. The molecule has 4 heteroatoms. The van der Waals surface area contributed by atoms with Crippen LogP contribution in [0.5, 0.6) is 0 Å². The summed E-state index contributed by atoms with van der Waals surface area (Å²) in [6, 6.07) is 1.65. The van der Waals surface area contributed by atoms with Gasteiger partial charge in [0, 0.05) is 29.1 Å². The molecule has 0 fully saturated rings. The van der Waals surface area contributed by atoms with Gasteiger partial charge in [0.25, 0.3) is 0 Å². The SMILES string of the molecule is O=Cc1ccncc1-c1cnoc1. The van der Waals surface area contributed by atoms with Crippen molar-refractivity contribution >= 4 is 6.29 Å². The fraction of sp³-hybridized carbons (Fsp3) is 0. The van der Waals surface area contributed by atoms with E-state index in [0.717, 1.165) is 17.4 Å². The lowest BCUT2D eigenvalue weighted by atomic mass is 10.1. The molecule has 64 valence electrons. The smallest absolute Gasteiger partial charge is 0.150 e. The Kier molecular flexibility index (Phi) is 1.88. The molecule has 0 spiro atoms. The number of carbonyl (C=O) groups is 1. The number of carbonyl (C=O) groups excluding carboxylic acids is 1. The Balaban J connectivity index is 2.57. The van der Waals surface area contributed by atoms with E-state index in [4.69, 9.17) is 0 Å². The van der Waals surface area contributed by atoms with Crippen LogP contribution in [0.15, 0.2) is 35.4 Å². The van der Waals surface area contributed by atoms with Crippen LogP contribution < -0.4 is 0 Å². The standard InChI is InChI=1S/C9H6N2O2/c12-5-7-1-2-10-4-9(7)8-3-11-13-6-8/h1-6H. The van der Waals surface area contributed by atoms with Crippen molar-refractivity contribution in [3.05, 3.63) is 36.5 Å². The number of nitrogens with zero attached hydrogens (tertiary/aromatic N) is 2. The van der Waals surface area contributed by atoms with Crippen molar-refractivity contribution in [1.82, 2.24) is 10.1 Å². The van der Waals surface area contributed by atoms with Gasteiger partial charge in [-0.1, -0.05) is 5.16 Å². The maximum atomic E-state index is 10.6. The van der Waals surface area contributed by atoms with E-state index in [1.165, 1.54) is 6.26 Å². The molecule has 0 aliphatic rings. The Morgan fingerprint density at radius 2 is 2.31 bits per heavy atom. The van der Waals surface area contributed by atoms with E-state index in [0.29, 0.717) is 5.56 Å². The first-order valence-electron chi connectivity index (χ1n) is 3.71. The van der Waals surface area contributed by atoms with Crippen LogP contribution in [0, 0.1) is 0 Å². The molecule has 13 heavy (non-hydrogen) atoms. The molecule has 0 aromatic carbocycles. The molecule has 0 aliphatic carbocycles. The molecule has 0 aliphatic heterocycles. The van der Waals surface area contributed by atoms with E-state index in [1.807, 2.05) is 0 Å². The predicted molar refractivity (Wildman–Crippen MR) is 45.1 cm³/mol. The zero-order chi connectivity index (χ0) is 9.10. The van der Waals surface area contributed by atoms with Crippen molar-refractivity contribution in [3.63, 3.8) is 0 Å². The Labute approximate surface area is 74.2 Å². The molecule has 2 rings (SSSR count). The first kappa shape index (κ1) is 7.67. The quantitative estimate of drug-likeness (QED) is 0.648. The number of rotatable bonds is 2. The van der Waals surface area contributed by atoms with Crippen molar-refractivity contribution in [3.8, 4) is 11.1 Å². The lowest BCUT2D eigenvalue weighted by molar-refractivity contribution is 0.112. The second-order valence-electron chi connectivity index (χ2n) is 2.49. The summed E-state index contributed by atoms with van der Waals surface area (Å²) in [6.07, 6.45) is 6.98. The summed E-state index contributed by atoms with van der Waals surface area (Å²) in [7, 11) is 0. The largest absolute Gasteiger partial charge is 0.364 e. The van der Waals surface area contributed by atoms with Crippen molar-refractivity contribution in [1.29, 1.82) is 0 Å². The normalized spacial score (nSPS) is 9.85. The van der Waals surface area contributed by atoms with Crippen LogP contribution in [0.25, 0.3) is 11.1 Å². The topological polar surface area (TPSA) is 56.0 Å². The van der Waals surface area contributed by atoms with Crippen LogP contribution in [0.2, 0.25) is 0 Å². The third-order valence-corrected chi connectivity index (χ3v) is 1.73. The molecule has 2 aromatic rings. The third-order valence-electron chi connectivity index (χ3n) is 1.73. The minimum absolute atomic E-state index is 0.582. The molecule has 0 saturated heterocycles. The molecule has 0 bridgehead atoms. The first-order chi connectivity index (χ1) is 6.42. The van der Waals surface area contributed by atoms with Gasteiger partial charge in [0.15, 0.2) is 6.29 Å². The van der Waals surface area contributed by atoms with Gasteiger partial charge >= 0.3 is 0 Å². The molecule has 2 aromatic heterocycles. The number of hydrogen-bond acceptors (Lipinski definition) is 4. The van der Waals surface area contributed by atoms with Gasteiger partial charge < -0.3 is 4.52 Å². The van der Waals surface area contributed by atoms with Crippen LogP contribution in [-0.4, -0.2) is 16.4 Å². The summed E-state index contributed by atoms with van der Waals surface area (Å²) >= 11 is 0. The molecular weight excluding hydrogens is 168 g/mol. The van der Waals surface area contributed by atoms with Gasteiger partial charge in [0.05, 0.1) is 6.20 Å². The van der Waals surface area contributed by atoms with E-state index in [9.17, 15) is 4.79 Å². The van der Waals surface area contributed by atoms with Crippen molar-refractivity contribution in [2.75, 3.05) is 0 Å². The van der Waals surface area contributed by atoms with Gasteiger partial charge in [-0.2, -0.15) is 0 Å². The highest BCUT2D eigenvalue weighted by Gasteiger charge is 2.05. The zero-order valence-corrected chi connectivity index (χ0v) is 6.68. The van der Waals surface area contributed by atoms with Gasteiger partial charge in [-0.3, -0.25) is 9.78 Å². The maximum absolute atomic E-state index is 10.6. The average molecular weight is 174 g/mol. The minimum Gasteiger partial charge on any atom is -0.364 e. The molecule has 2 heterocycles. The third kappa shape index (κ3) is 1.33. The lowest BCUT2D eigenvalue weighted by Crippen LogP contribution is -1.86. The highest BCUT2D eigenvalue weighted by Crippen LogP contribution is 2.20. The molecule has 4 nitrogen and oxygen atoms in total. The van der Waals surface area contributed by atoms with Crippen molar-refractivity contribution < 1.29 is 9.32 Å². The fourth-order valence-corrected chi connectivity index (χ4v) is 1.09. The highest BCUT2D eigenvalue weighted by atomic mass is 16.5. The Morgan fingerprint density at radius 3 is 3.00 bits per heavy atom. The van der Waals surface area contributed by atoms with Crippen LogP contribution in [-0.2, 0) is 0 Å². The van der Waals surface area contributed by atoms with Gasteiger partial charge in [-0.25, -0.2) is 0 Å². The Bertz CT molecular complexity index is 409. The van der Waals surface area contributed by atoms with Gasteiger partial charge in [0.1, 0.15) is 6.26 Å². The summed E-state index contributed by atoms with van der Waals surface area (Å²) in [4.78, 5) is 14.6. The maximum Gasteiger partial charge on any atom is 0.150 e. The van der Waals surface area contributed by atoms with E-state index in [-0.39, 0.29) is 0 Å². The first-order valence-corrected chi connectivity index (χ1v) is 3.71. The monoisotopic (exact) mass is 174 g/mol.